The molecule has 0 saturated carbocycles. The van der Waals surface area contributed by atoms with Crippen LogP contribution in [-0.4, -0.2) is 24.0 Å². The molecule has 0 bridgehead atoms. The van der Waals surface area contributed by atoms with E-state index in [2.05, 4.69) is 15.2 Å². The number of carbonyl (C=O) groups is 1. The minimum absolute atomic E-state index is 0.0445. The van der Waals surface area contributed by atoms with E-state index in [-0.39, 0.29) is 17.6 Å². The Hall–Kier alpha value is -2.47. The van der Waals surface area contributed by atoms with Crippen LogP contribution in [0.15, 0.2) is 48.5 Å². The summed E-state index contributed by atoms with van der Waals surface area (Å²) in [5, 5.41) is 3.84. The van der Waals surface area contributed by atoms with E-state index < -0.39 is 0 Å². The number of thiazole rings is 1. The van der Waals surface area contributed by atoms with Crippen LogP contribution < -0.4 is 10.2 Å². The average Bonchev–Trinajstić information content (AvgIpc) is 3.06. The molecule has 1 N–H and O–H groups in total. The highest BCUT2D eigenvalue weighted by Gasteiger charge is 2.27. The summed E-state index contributed by atoms with van der Waals surface area (Å²) < 4.78 is 14.2. The Labute approximate surface area is 149 Å². The number of halogens is 1. The van der Waals surface area contributed by atoms with Crippen molar-refractivity contribution in [2.45, 2.75) is 12.8 Å². The molecule has 6 heteroatoms. The summed E-state index contributed by atoms with van der Waals surface area (Å²) >= 11 is 1.48. The fraction of sp³-hybridized carbons (Fsp3) is 0.263. The first-order valence-corrected chi connectivity index (χ1v) is 9.18. The predicted octanol–water partition coefficient (Wildman–Crippen LogP) is 4.29. The van der Waals surface area contributed by atoms with Crippen molar-refractivity contribution in [3.8, 4) is 0 Å². The zero-order valence-corrected chi connectivity index (χ0v) is 14.4. The van der Waals surface area contributed by atoms with Gasteiger partial charge in [-0.15, -0.1) is 0 Å². The number of nitrogens with zero attached hydrogens (tertiary/aromatic N) is 2. The molecule has 1 aliphatic heterocycles. The number of para-hydroxylation sites is 1. The molecule has 1 aromatic heterocycles. The summed E-state index contributed by atoms with van der Waals surface area (Å²) in [6.45, 7) is 1.51. The molecule has 3 aromatic rings. The van der Waals surface area contributed by atoms with Crippen LogP contribution in [0.25, 0.3) is 10.2 Å². The number of hydrogen-bond donors (Lipinski definition) is 1. The summed E-state index contributed by atoms with van der Waals surface area (Å²) in [6.07, 6.45) is 1.81. The highest BCUT2D eigenvalue weighted by atomic mass is 32.1. The highest BCUT2D eigenvalue weighted by Crippen LogP contribution is 2.32. The van der Waals surface area contributed by atoms with Gasteiger partial charge in [0.15, 0.2) is 5.13 Å². The molecular formula is C19H18FN3OS. The monoisotopic (exact) mass is 355 g/mol. The maximum absolute atomic E-state index is 13.4. The lowest BCUT2D eigenvalue weighted by Gasteiger charge is -2.31. The summed E-state index contributed by atoms with van der Waals surface area (Å²) in [5.41, 5.74) is 1.62. The average molecular weight is 355 g/mol. The van der Waals surface area contributed by atoms with Crippen LogP contribution in [0, 0.1) is 11.7 Å². The number of benzene rings is 2. The minimum atomic E-state index is -0.249. The van der Waals surface area contributed by atoms with E-state index in [1.165, 1.54) is 23.5 Å². The van der Waals surface area contributed by atoms with E-state index in [0.717, 1.165) is 40.4 Å². The van der Waals surface area contributed by atoms with Gasteiger partial charge in [0.25, 0.3) is 0 Å². The Morgan fingerprint density at radius 1 is 1.24 bits per heavy atom. The zero-order chi connectivity index (χ0) is 17.2. The fourth-order valence-corrected chi connectivity index (χ4v) is 4.18. The van der Waals surface area contributed by atoms with Crippen molar-refractivity contribution in [2.75, 3.05) is 23.3 Å². The van der Waals surface area contributed by atoms with Gasteiger partial charge in [-0.05, 0) is 43.2 Å². The Balaban J connectivity index is 1.49. The number of carbonyl (C=O) groups excluding carboxylic acids is 1. The van der Waals surface area contributed by atoms with Gasteiger partial charge in [-0.1, -0.05) is 29.5 Å². The van der Waals surface area contributed by atoms with Gasteiger partial charge in [0.2, 0.25) is 5.91 Å². The number of aromatic nitrogens is 1. The molecule has 1 amide bonds. The van der Waals surface area contributed by atoms with Gasteiger partial charge >= 0.3 is 0 Å². The first-order chi connectivity index (χ1) is 12.2. The molecule has 0 radical (unpaired) electrons. The van der Waals surface area contributed by atoms with E-state index in [9.17, 15) is 9.18 Å². The molecule has 4 rings (SSSR count). The van der Waals surface area contributed by atoms with Gasteiger partial charge < -0.3 is 10.2 Å². The summed E-state index contributed by atoms with van der Waals surface area (Å²) in [6, 6.07) is 14.2. The Morgan fingerprint density at radius 2 is 2.08 bits per heavy atom. The molecule has 0 aliphatic carbocycles. The molecule has 0 spiro atoms. The van der Waals surface area contributed by atoms with Crippen LogP contribution >= 0.6 is 11.3 Å². The van der Waals surface area contributed by atoms with Crippen molar-refractivity contribution in [3.63, 3.8) is 0 Å². The first-order valence-electron chi connectivity index (χ1n) is 8.36. The lowest BCUT2D eigenvalue weighted by Crippen LogP contribution is -2.40. The van der Waals surface area contributed by atoms with Gasteiger partial charge in [0, 0.05) is 18.8 Å². The van der Waals surface area contributed by atoms with E-state index >= 15 is 0 Å². The summed E-state index contributed by atoms with van der Waals surface area (Å²) in [4.78, 5) is 19.3. The smallest absolute Gasteiger partial charge is 0.229 e. The molecule has 128 valence electrons. The van der Waals surface area contributed by atoms with Crippen molar-refractivity contribution < 1.29 is 9.18 Å². The van der Waals surface area contributed by atoms with Crippen molar-refractivity contribution >= 4 is 38.3 Å². The predicted molar refractivity (Wildman–Crippen MR) is 99.6 cm³/mol. The second-order valence-corrected chi connectivity index (χ2v) is 7.26. The van der Waals surface area contributed by atoms with Gasteiger partial charge in [0.05, 0.1) is 16.1 Å². The quantitative estimate of drug-likeness (QED) is 0.762. The molecular weight excluding hydrogens is 337 g/mol. The maximum Gasteiger partial charge on any atom is 0.229 e. The summed E-state index contributed by atoms with van der Waals surface area (Å²) in [5.74, 6) is -0.276. The molecule has 1 unspecified atom stereocenters. The number of piperidine rings is 1. The fourth-order valence-electron chi connectivity index (χ4n) is 3.15. The number of nitrogens with one attached hydrogen (secondary N) is 1. The van der Waals surface area contributed by atoms with Crippen LogP contribution in [0.5, 0.6) is 0 Å². The Bertz CT molecular complexity index is 896. The zero-order valence-electron chi connectivity index (χ0n) is 13.6. The highest BCUT2D eigenvalue weighted by molar-refractivity contribution is 7.22. The molecule has 2 heterocycles. The molecule has 2 aromatic carbocycles. The Kier molecular flexibility index (Phi) is 4.36. The van der Waals surface area contributed by atoms with Gasteiger partial charge in [-0.3, -0.25) is 4.79 Å². The third kappa shape index (κ3) is 3.49. The largest absolute Gasteiger partial charge is 0.347 e. The van der Waals surface area contributed by atoms with Gasteiger partial charge in [-0.25, -0.2) is 9.37 Å². The number of hydrogen-bond acceptors (Lipinski definition) is 4. The molecule has 1 atom stereocenters. The van der Waals surface area contributed by atoms with Crippen LogP contribution in [0.1, 0.15) is 12.8 Å². The first kappa shape index (κ1) is 16.0. The topological polar surface area (TPSA) is 45.2 Å². The number of amides is 1. The van der Waals surface area contributed by atoms with Gasteiger partial charge in [-0.2, -0.15) is 0 Å². The van der Waals surface area contributed by atoms with Crippen molar-refractivity contribution in [1.82, 2.24) is 4.98 Å². The standard InChI is InChI=1S/C19H18FN3OS/c20-14-8-9-16-17(11-14)25-19(22-16)23-10-4-5-13(12-23)18(24)21-15-6-2-1-3-7-15/h1-3,6-9,11,13H,4-5,10,12H2,(H,21,24). The molecule has 1 saturated heterocycles. The van der Waals surface area contributed by atoms with E-state index in [4.69, 9.17) is 0 Å². The maximum atomic E-state index is 13.4. The number of anilines is 2. The normalized spacial score (nSPS) is 17.6. The van der Waals surface area contributed by atoms with Crippen molar-refractivity contribution in [1.29, 1.82) is 0 Å². The van der Waals surface area contributed by atoms with E-state index in [0.29, 0.717) is 6.54 Å². The molecule has 1 fully saturated rings. The Morgan fingerprint density at radius 3 is 2.92 bits per heavy atom. The molecule has 1 aliphatic rings. The number of rotatable bonds is 3. The second-order valence-electron chi connectivity index (χ2n) is 6.25. The molecule has 25 heavy (non-hydrogen) atoms. The van der Waals surface area contributed by atoms with Crippen molar-refractivity contribution in [3.05, 3.63) is 54.3 Å². The lowest BCUT2D eigenvalue weighted by molar-refractivity contribution is -0.120. The molecule has 4 nitrogen and oxygen atoms in total. The van der Waals surface area contributed by atoms with Crippen LogP contribution in [-0.2, 0) is 4.79 Å². The summed E-state index contributed by atoms with van der Waals surface area (Å²) in [7, 11) is 0. The number of fused-ring (bicyclic) bond motifs is 1. The SMILES string of the molecule is O=C(Nc1ccccc1)C1CCCN(c2nc3ccc(F)cc3s2)C1. The van der Waals surface area contributed by atoms with E-state index in [1.807, 2.05) is 30.3 Å². The van der Waals surface area contributed by atoms with E-state index in [1.54, 1.807) is 6.07 Å². The van der Waals surface area contributed by atoms with Crippen LogP contribution in [0.2, 0.25) is 0 Å². The van der Waals surface area contributed by atoms with Crippen LogP contribution in [0.4, 0.5) is 15.2 Å². The van der Waals surface area contributed by atoms with Crippen LogP contribution in [0.3, 0.4) is 0 Å². The third-order valence-corrected chi connectivity index (χ3v) is 5.52. The second kappa shape index (κ2) is 6.80. The van der Waals surface area contributed by atoms with Crippen molar-refractivity contribution in [2.24, 2.45) is 5.92 Å². The van der Waals surface area contributed by atoms with Gasteiger partial charge in [0.1, 0.15) is 5.82 Å². The minimum Gasteiger partial charge on any atom is -0.347 e. The lowest BCUT2D eigenvalue weighted by atomic mass is 9.97. The third-order valence-electron chi connectivity index (χ3n) is 4.44.